The second kappa shape index (κ2) is 8.89. The van der Waals surface area contributed by atoms with Gasteiger partial charge in [-0.2, -0.15) is 0 Å². The van der Waals surface area contributed by atoms with Crippen LogP contribution in [0.1, 0.15) is 66.7 Å². The number of hydrogen-bond donors (Lipinski definition) is 1. The van der Waals surface area contributed by atoms with E-state index in [1.165, 1.54) is 19.3 Å². The van der Waals surface area contributed by atoms with Gasteiger partial charge in [0.25, 0.3) is 0 Å². The fourth-order valence-corrected chi connectivity index (χ4v) is 1.85. The predicted molar refractivity (Wildman–Crippen MR) is 77.9 cm³/mol. The summed E-state index contributed by atoms with van der Waals surface area (Å²) in [6.45, 7) is 12.7. The summed E-state index contributed by atoms with van der Waals surface area (Å²) in [5, 5.41) is 0. The van der Waals surface area contributed by atoms with Crippen LogP contribution in [0, 0.1) is 0 Å². The third-order valence-electron chi connectivity index (χ3n) is 3.19. The Balaban J connectivity index is 3.79. The van der Waals surface area contributed by atoms with E-state index in [-0.39, 0.29) is 11.2 Å². The monoisotopic (exact) mass is 259 g/mol. The summed E-state index contributed by atoms with van der Waals surface area (Å²) in [4.78, 5) is 0. The number of ether oxygens (including phenoxy) is 2. The second-order valence-corrected chi connectivity index (χ2v) is 6.21. The highest BCUT2D eigenvalue weighted by Gasteiger charge is 2.22. The molecule has 0 saturated carbocycles. The van der Waals surface area contributed by atoms with Crippen LogP contribution in [0.2, 0.25) is 0 Å². The zero-order valence-electron chi connectivity index (χ0n) is 13.1. The van der Waals surface area contributed by atoms with Crippen molar-refractivity contribution in [1.82, 2.24) is 0 Å². The highest BCUT2D eigenvalue weighted by Crippen LogP contribution is 2.21. The van der Waals surface area contributed by atoms with E-state index in [1.807, 2.05) is 0 Å². The molecule has 0 aliphatic rings. The first-order valence-electron chi connectivity index (χ1n) is 7.31. The van der Waals surface area contributed by atoms with Crippen molar-refractivity contribution in [3.8, 4) is 0 Å². The highest BCUT2D eigenvalue weighted by atomic mass is 16.5. The van der Waals surface area contributed by atoms with Crippen LogP contribution < -0.4 is 5.73 Å². The van der Waals surface area contributed by atoms with Gasteiger partial charge in [0.1, 0.15) is 0 Å². The van der Waals surface area contributed by atoms with Crippen molar-refractivity contribution in [2.45, 2.75) is 77.9 Å². The quantitative estimate of drug-likeness (QED) is 0.578. The lowest BCUT2D eigenvalue weighted by molar-refractivity contribution is -0.0731. The maximum atomic E-state index is 5.98. The van der Waals surface area contributed by atoms with E-state index in [4.69, 9.17) is 15.2 Å². The smallest absolute Gasteiger partial charge is 0.0649 e. The minimum atomic E-state index is -0.140. The van der Waals surface area contributed by atoms with Gasteiger partial charge in [0, 0.05) is 6.54 Å². The maximum Gasteiger partial charge on any atom is 0.0649 e. The Morgan fingerprint density at radius 3 is 1.94 bits per heavy atom. The molecule has 0 bridgehead atoms. The van der Waals surface area contributed by atoms with Crippen LogP contribution in [0.15, 0.2) is 0 Å². The standard InChI is InChI=1S/C15H33NO2/c1-6-7-8-9-14(2,3)17-12-10-15(4,5)18-13-11-16/h6-13,16H2,1-5H3. The molecular weight excluding hydrogens is 226 g/mol. The third kappa shape index (κ3) is 9.86. The van der Waals surface area contributed by atoms with Crippen molar-refractivity contribution in [3.63, 3.8) is 0 Å². The Kier molecular flexibility index (Phi) is 8.83. The molecule has 3 nitrogen and oxygen atoms in total. The number of rotatable bonds is 11. The first-order chi connectivity index (χ1) is 8.33. The Morgan fingerprint density at radius 2 is 1.39 bits per heavy atom. The molecule has 0 aliphatic carbocycles. The first kappa shape index (κ1) is 17.9. The van der Waals surface area contributed by atoms with Gasteiger partial charge in [0.15, 0.2) is 0 Å². The molecule has 3 heteroatoms. The zero-order valence-corrected chi connectivity index (χ0v) is 13.1. The summed E-state index contributed by atoms with van der Waals surface area (Å²) in [7, 11) is 0. The third-order valence-corrected chi connectivity index (χ3v) is 3.19. The summed E-state index contributed by atoms with van der Waals surface area (Å²) >= 11 is 0. The van der Waals surface area contributed by atoms with Gasteiger partial charge in [-0.15, -0.1) is 0 Å². The van der Waals surface area contributed by atoms with E-state index in [9.17, 15) is 0 Å². The van der Waals surface area contributed by atoms with E-state index < -0.39 is 0 Å². The molecule has 0 aromatic carbocycles. The molecule has 110 valence electrons. The molecule has 0 rings (SSSR count). The lowest BCUT2D eigenvalue weighted by Gasteiger charge is -2.29. The van der Waals surface area contributed by atoms with Crippen LogP contribution in [-0.4, -0.2) is 31.0 Å². The molecular formula is C15H33NO2. The van der Waals surface area contributed by atoms with Crippen LogP contribution >= 0.6 is 0 Å². The van der Waals surface area contributed by atoms with Gasteiger partial charge in [0.05, 0.1) is 24.4 Å². The topological polar surface area (TPSA) is 44.5 Å². The molecule has 0 radical (unpaired) electrons. The summed E-state index contributed by atoms with van der Waals surface area (Å²) in [6, 6.07) is 0. The average Bonchev–Trinajstić information content (AvgIpc) is 2.26. The molecule has 18 heavy (non-hydrogen) atoms. The molecule has 0 aliphatic heterocycles. The SMILES string of the molecule is CCCCCC(C)(C)OCCC(C)(C)OCCN. The van der Waals surface area contributed by atoms with E-state index in [0.717, 1.165) is 19.4 Å². The van der Waals surface area contributed by atoms with Crippen LogP contribution in [0.25, 0.3) is 0 Å². The van der Waals surface area contributed by atoms with Crippen molar-refractivity contribution in [2.24, 2.45) is 5.73 Å². The van der Waals surface area contributed by atoms with Gasteiger partial charge >= 0.3 is 0 Å². The van der Waals surface area contributed by atoms with Crippen molar-refractivity contribution >= 4 is 0 Å². The largest absolute Gasteiger partial charge is 0.375 e. The van der Waals surface area contributed by atoms with Gasteiger partial charge in [-0.1, -0.05) is 26.2 Å². The van der Waals surface area contributed by atoms with E-state index >= 15 is 0 Å². The van der Waals surface area contributed by atoms with Crippen LogP contribution in [0.3, 0.4) is 0 Å². The molecule has 0 heterocycles. The van der Waals surface area contributed by atoms with E-state index in [0.29, 0.717) is 13.2 Å². The van der Waals surface area contributed by atoms with Crippen molar-refractivity contribution in [1.29, 1.82) is 0 Å². The number of hydrogen-bond acceptors (Lipinski definition) is 3. The summed E-state index contributed by atoms with van der Waals surface area (Å²) < 4.78 is 11.7. The van der Waals surface area contributed by atoms with Crippen LogP contribution in [-0.2, 0) is 9.47 Å². The first-order valence-corrected chi connectivity index (χ1v) is 7.31. The van der Waals surface area contributed by atoms with Crippen molar-refractivity contribution in [3.05, 3.63) is 0 Å². The zero-order chi connectivity index (χ0) is 14.1. The average molecular weight is 259 g/mol. The van der Waals surface area contributed by atoms with Gasteiger partial charge in [-0.3, -0.25) is 0 Å². The molecule has 0 unspecified atom stereocenters. The van der Waals surface area contributed by atoms with Crippen molar-refractivity contribution in [2.75, 3.05) is 19.8 Å². The fraction of sp³-hybridized carbons (Fsp3) is 1.00. The molecule has 0 aromatic rings. The van der Waals surface area contributed by atoms with Crippen LogP contribution in [0.4, 0.5) is 0 Å². The van der Waals surface area contributed by atoms with Gasteiger partial charge in [0.2, 0.25) is 0 Å². The predicted octanol–water partition coefficient (Wildman–Crippen LogP) is 3.51. The Bertz CT molecular complexity index is 203. The molecule has 2 N–H and O–H groups in total. The van der Waals surface area contributed by atoms with Crippen molar-refractivity contribution < 1.29 is 9.47 Å². The lowest BCUT2D eigenvalue weighted by atomic mass is 10.00. The lowest BCUT2D eigenvalue weighted by Crippen LogP contribution is -2.32. The fourth-order valence-electron chi connectivity index (χ4n) is 1.85. The molecule has 0 aromatic heterocycles. The minimum Gasteiger partial charge on any atom is -0.375 e. The van der Waals surface area contributed by atoms with Crippen LogP contribution in [0.5, 0.6) is 0 Å². The van der Waals surface area contributed by atoms with Gasteiger partial charge < -0.3 is 15.2 Å². The molecule has 0 fully saturated rings. The minimum absolute atomic E-state index is 0.0148. The number of nitrogens with two attached hydrogens (primary N) is 1. The summed E-state index contributed by atoms with van der Waals surface area (Å²) in [5.41, 5.74) is 5.29. The molecule has 0 atom stereocenters. The molecule has 0 amide bonds. The normalized spacial score (nSPS) is 13.0. The maximum absolute atomic E-state index is 5.98. The Morgan fingerprint density at radius 1 is 0.833 bits per heavy atom. The van der Waals surface area contributed by atoms with E-state index in [1.54, 1.807) is 0 Å². The molecule has 0 spiro atoms. The van der Waals surface area contributed by atoms with Gasteiger partial charge in [-0.05, 0) is 40.5 Å². The van der Waals surface area contributed by atoms with E-state index in [2.05, 4.69) is 34.6 Å². The summed E-state index contributed by atoms with van der Waals surface area (Å²) in [6.07, 6.45) is 5.83. The Labute approximate surface area is 113 Å². The highest BCUT2D eigenvalue weighted by molar-refractivity contribution is 4.72. The summed E-state index contributed by atoms with van der Waals surface area (Å²) in [5.74, 6) is 0. The number of unbranched alkanes of at least 4 members (excludes halogenated alkanes) is 2. The second-order valence-electron chi connectivity index (χ2n) is 6.21. The van der Waals surface area contributed by atoms with Gasteiger partial charge in [-0.25, -0.2) is 0 Å². The molecule has 0 saturated heterocycles. The Hall–Kier alpha value is -0.120.